The monoisotopic (exact) mass is 271 g/mol. The standard InChI is InChI=1S/C15H17N3O2/c1-2-10(7-8-19)18-15-14-13(16-9-17-15)11-5-3-4-6-12(11)20-14/h3-6,9-10,19H,2,7-8H2,1H3,(H,16,17,18). The first-order valence-corrected chi connectivity index (χ1v) is 6.83. The summed E-state index contributed by atoms with van der Waals surface area (Å²) in [6.07, 6.45) is 3.13. The molecule has 0 aliphatic heterocycles. The molecule has 0 spiro atoms. The fourth-order valence-corrected chi connectivity index (χ4v) is 2.35. The molecule has 20 heavy (non-hydrogen) atoms. The van der Waals surface area contributed by atoms with Crippen LogP contribution >= 0.6 is 0 Å². The topological polar surface area (TPSA) is 71.2 Å². The van der Waals surface area contributed by atoms with E-state index >= 15 is 0 Å². The van der Waals surface area contributed by atoms with Crippen LogP contribution in [0.4, 0.5) is 5.82 Å². The summed E-state index contributed by atoms with van der Waals surface area (Å²) in [5, 5.41) is 13.4. The van der Waals surface area contributed by atoms with Crippen molar-refractivity contribution in [1.29, 1.82) is 0 Å². The highest BCUT2D eigenvalue weighted by Crippen LogP contribution is 2.30. The number of aliphatic hydroxyl groups is 1. The quantitative estimate of drug-likeness (QED) is 0.746. The molecule has 0 aliphatic carbocycles. The Hall–Kier alpha value is -2.14. The maximum Gasteiger partial charge on any atom is 0.196 e. The Kier molecular flexibility index (Phi) is 3.52. The Morgan fingerprint density at radius 2 is 2.15 bits per heavy atom. The van der Waals surface area contributed by atoms with Gasteiger partial charge in [-0.1, -0.05) is 19.1 Å². The summed E-state index contributed by atoms with van der Waals surface area (Å²) in [5.41, 5.74) is 2.29. The minimum absolute atomic E-state index is 0.153. The van der Waals surface area contributed by atoms with Crippen LogP contribution in [0.15, 0.2) is 35.0 Å². The van der Waals surface area contributed by atoms with Crippen LogP contribution in [0.25, 0.3) is 22.1 Å². The third kappa shape index (κ3) is 2.20. The van der Waals surface area contributed by atoms with E-state index in [9.17, 15) is 0 Å². The van der Waals surface area contributed by atoms with Crippen LogP contribution in [-0.4, -0.2) is 27.7 Å². The SMILES string of the molecule is CCC(CCO)Nc1ncnc2c1oc1ccccc12. The number of nitrogens with zero attached hydrogens (tertiary/aromatic N) is 2. The van der Waals surface area contributed by atoms with Crippen LogP contribution in [0.3, 0.4) is 0 Å². The Morgan fingerprint density at radius 1 is 1.30 bits per heavy atom. The molecule has 104 valence electrons. The normalized spacial score (nSPS) is 12.9. The molecule has 1 atom stereocenters. The molecule has 5 nitrogen and oxygen atoms in total. The average Bonchev–Trinajstić information content (AvgIpc) is 2.86. The number of benzene rings is 1. The highest BCUT2D eigenvalue weighted by Gasteiger charge is 2.15. The molecule has 0 amide bonds. The minimum atomic E-state index is 0.153. The van der Waals surface area contributed by atoms with Gasteiger partial charge in [0.25, 0.3) is 0 Å². The minimum Gasteiger partial charge on any atom is -0.450 e. The Labute approximate surface area is 116 Å². The second kappa shape index (κ2) is 5.46. The van der Waals surface area contributed by atoms with E-state index in [2.05, 4.69) is 22.2 Å². The molecular formula is C15H17N3O2. The number of hydrogen-bond donors (Lipinski definition) is 2. The van der Waals surface area contributed by atoms with Gasteiger partial charge in [-0.05, 0) is 25.0 Å². The summed E-state index contributed by atoms with van der Waals surface area (Å²) < 4.78 is 5.86. The number of rotatable bonds is 5. The van der Waals surface area contributed by atoms with Gasteiger partial charge in [-0.15, -0.1) is 0 Å². The fourth-order valence-electron chi connectivity index (χ4n) is 2.35. The van der Waals surface area contributed by atoms with E-state index in [0.717, 1.165) is 22.9 Å². The number of aliphatic hydroxyl groups excluding tert-OH is 1. The van der Waals surface area contributed by atoms with E-state index in [1.807, 2.05) is 24.3 Å². The van der Waals surface area contributed by atoms with Crippen molar-refractivity contribution in [3.63, 3.8) is 0 Å². The van der Waals surface area contributed by atoms with E-state index in [1.54, 1.807) is 0 Å². The lowest BCUT2D eigenvalue weighted by Crippen LogP contribution is -2.20. The van der Waals surface area contributed by atoms with Crippen molar-refractivity contribution in [2.24, 2.45) is 0 Å². The van der Waals surface area contributed by atoms with Crippen LogP contribution in [0.5, 0.6) is 0 Å². The molecule has 3 rings (SSSR count). The van der Waals surface area contributed by atoms with E-state index in [4.69, 9.17) is 9.52 Å². The third-order valence-electron chi connectivity index (χ3n) is 3.47. The van der Waals surface area contributed by atoms with Gasteiger partial charge in [-0.25, -0.2) is 9.97 Å². The first-order chi connectivity index (χ1) is 9.83. The summed E-state index contributed by atoms with van der Waals surface area (Å²) in [5.74, 6) is 0.687. The van der Waals surface area contributed by atoms with E-state index in [0.29, 0.717) is 17.8 Å². The van der Waals surface area contributed by atoms with Crippen molar-refractivity contribution in [3.8, 4) is 0 Å². The van der Waals surface area contributed by atoms with Gasteiger partial charge in [0.05, 0.1) is 0 Å². The molecule has 0 saturated carbocycles. The molecule has 0 saturated heterocycles. The summed E-state index contributed by atoms with van der Waals surface area (Å²) in [6.45, 7) is 2.23. The van der Waals surface area contributed by atoms with Crippen molar-refractivity contribution in [1.82, 2.24) is 9.97 Å². The Morgan fingerprint density at radius 3 is 2.95 bits per heavy atom. The fraction of sp³-hybridized carbons (Fsp3) is 0.333. The summed E-state index contributed by atoms with van der Waals surface area (Å²) in [6, 6.07) is 7.99. The van der Waals surface area contributed by atoms with Gasteiger partial charge in [-0.3, -0.25) is 0 Å². The molecule has 0 fully saturated rings. The third-order valence-corrected chi connectivity index (χ3v) is 3.47. The maximum atomic E-state index is 9.08. The first-order valence-electron chi connectivity index (χ1n) is 6.83. The highest BCUT2D eigenvalue weighted by atomic mass is 16.3. The number of nitrogens with one attached hydrogen (secondary N) is 1. The highest BCUT2D eigenvalue weighted by molar-refractivity contribution is 6.05. The van der Waals surface area contributed by atoms with E-state index in [-0.39, 0.29) is 12.6 Å². The van der Waals surface area contributed by atoms with Gasteiger partial charge in [-0.2, -0.15) is 0 Å². The summed E-state index contributed by atoms with van der Waals surface area (Å²) in [7, 11) is 0. The molecular weight excluding hydrogens is 254 g/mol. The predicted octanol–water partition coefficient (Wildman–Crippen LogP) is 2.95. The molecule has 2 heterocycles. The van der Waals surface area contributed by atoms with E-state index in [1.165, 1.54) is 6.33 Å². The second-order valence-electron chi connectivity index (χ2n) is 4.76. The van der Waals surface area contributed by atoms with Crippen molar-refractivity contribution in [2.45, 2.75) is 25.8 Å². The van der Waals surface area contributed by atoms with Gasteiger partial charge in [0.15, 0.2) is 11.4 Å². The molecule has 0 bridgehead atoms. The number of aromatic nitrogens is 2. The number of furan rings is 1. The summed E-state index contributed by atoms with van der Waals surface area (Å²) >= 11 is 0. The van der Waals surface area contributed by atoms with Crippen molar-refractivity contribution in [3.05, 3.63) is 30.6 Å². The molecule has 1 aromatic carbocycles. The van der Waals surface area contributed by atoms with Crippen LogP contribution in [0.1, 0.15) is 19.8 Å². The van der Waals surface area contributed by atoms with Gasteiger partial charge in [0.2, 0.25) is 0 Å². The predicted molar refractivity (Wildman–Crippen MR) is 78.7 cm³/mol. The van der Waals surface area contributed by atoms with Crippen LogP contribution in [0, 0.1) is 0 Å². The van der Waals surface area contributed by atoms with Crippen molar-refractivity contribution >= 4 is 27.9 Å². The second-order valence-corrected chi connectivity index (χ2v) is 4.76. The lowest BCUT2D eigenvalue weighted by atomic mass is 10.1. The van der Waals surface area contributed by atoms with Crippen LogP contribution < -0.4 is 5.32 Å². The first kappa shape index (κ1) is 12.9. The average molecular weight is 271 g/mol. The molecule has 2 aromatic heterocycles. The van der Waals surface area contributed by atoms with Crippen LogP contribution in [0.2, 0.25) is 0 Å². The van der Waals surface area contributed by atoms with Gasteiger partial charge >= 0.3 is 0 Å². The molecule has 2 N–H and O–H groups in total. The lowest BCUT2D eigenvalue weighted by Gasteiger charge is -2.15. The van der Waals surface area contributed by atoms with E-state index < -0.39 is 0 Å². The number of hydrogen-bond acceptors (Lipinski definition) is 5. The lowest BCUT2D eigenvalue weighted by molar-refractivity contribution is 0.278. The molecule has 0 radical (unpaired) electrons. The maximum absolute atomic E-state index is 9.08. The van der Waals surface area contributed by atoms with Gasteiger partial charge < -0.3 is 14.8 Å². The zero-order valence-corrected chi connectivity index (χ0v) is 11.3. The molecule has 0 aliphatic rings. The Balaban J connectivity index is 2.07. The number of para-hydroxylation sites is 1. The molecule has 1 unspecified atom stereocenters. The van der Waals surface area contributed by atoms with Crippen molar-refractivity contribution in [2.75, 3.05) is 11.9 Å². The molecule has 5 heteroatoms. The Bertz CT molecular complexity index is 723. The van der Waals surface area contributed by atoms with Crippen molar-refractivity contribution < 1.29 is 9.52 Å². The number of fused-ring (bicyclic) bond motifs is 3. The smallest absolute Gasteiger partial charge is 0.196 e. The zero-order valence-electron chi connectivity index (χ0n) is 11.3. The largest absolute Gasteiger partial charge is 0.450 e. The van der Waals surface area contributed by atoms with Gasteiger partial charge in [0, 0.05) is 18.0 Å². The zero-order chi connectivity index (χ0) is 13.9. The molecule has 3 aromatic rings. The number of anilines is 1. The van der Waals surface area contributed by atoms with Crippen LogP contribution in [-0.2, 0) is 0 Å². The summed E-state index contributed by atoms with van der Waals surface area (Å²) in [4.78, 5) is 8.59. The van der Waals surface area contributed by atoms with Gasteiger partial charge in [0.1, 0.15) is 17.4 Å².